The summed E-state index contributed by atoms with van der Waals surface area (Å²) in [6.45, 7) is 2.60. The van der Waals surface area contributed by atoms with Crippen LogP contribution >= 0.6 is 11.8 Å². The third kappa shape index (κ3) is 2.16. The summed E-state index contributed by atoms with van der Waals surface area (Å²) in [6.07, 6.45) is 3.58. The molecular weight excluding hydrogens is 196 g/mol. The number of hydrogen-bond donors (Lipinski definition) is 1. The molecule has 0 aromatic carbocycles. The number of aromatic nitrogens is 2. The second-order valence-electron chi connectivity index (χ2n) is 3.17. The predicted octanol–water partition coefficient (Wildman–Crippen LogP) is 0.488. The van der Waals surface area contributed by atoms with Crippen molar-refractivity contribution in [3.63, 3.8) is 0 Å². The number of anilines is 1. The molecule has 0 aliphatic carbocycles. The van der Waals surface area contributed by atoms with Crippen molar-refractivity contribution in [3.05, 3.63) is 18.1 Å². The second-order valence-corrected chi connectivity index (χ2v) is 4.39. The van der Waals surface area contributed by atoms with Gasteiger partial charge in [0.25, 0.3) is 0 Å². The summed E-state index contributed by atoms with van der Waals surface area (Å²) in [5.74, 6) is 3.34. The van der Waals surface area contributed by atoms with E-state index in [4.69, 9.17) is 5.73 Å². The van der Waals surface area contributed by atoms with Gasteiger partial charge in [-0.2, -0.15) is 11.8 Å². The number of nitrogens with two attached hydrogens (primary N) is 1. The number of thioether (sulfide) groups is 1. The van der Waals surface area contributed by atoms with Crippen molar-refractivity contribution < 1.29 is 0 Å². The molecule has 2 heterocycles. The van der Waals surface area contributed by atoms with E-state index in [2.05, 4.69) is 14.9 Å². The zero-order chi connectivity index (χ0) is 9.80. The van der Waals surface area contributed by atoms with E-state index in [1.54, 1.807) is 6.20 Å². The fraction of sp³-hybridized carbons (Fsp3) is 0.556. The molecule has 0 unspecified atom stereocenters. The van der Waals surface area contributed by atoms with Crippen LogP contribution in [-0.4, -0.2) is 34.6 Å². The average Bonchev–Trinajstić information content (AvgIpc) is 2.30. The van der Waals surface area contributed by atoms with Gasteiger partial charge in [0.2, 0.25) is 0 Å². The number of rotatable bonds is 2. The molecule has 2 N–H and O–H groups in total. The minimum absolute atomic E-state index is 0.461. The van der Waals surface area contributed by atoms with Crippen LogP contribution in [0.25, 0.3) is 0 Å². The fourth-order valence-electron chi connectivity index (χ4n) is 1.41. The minimum atomic E-state index is 0.461. The van der Waals surface area contributed by atoms with Crippen molar-refractivity contribution >= 4 is 17.6 Å². The minimum Gasteiger partial charge on any atom is -0.354 e. The third-order valence-corrected chi connectivity index (χ3v) is 3.18. The van der Waals surface area contributed by atoms with Crippen LogP contribution in [0.5, 0.6) is 0 Å². The smallest absolute Gasteiger partial charge is 0.147 e. The SMILES string of the molecule is NCc1cnc(N2CCSCC2)cn1. The van der Waals surface area contributed by atoms with E-state index in [1.165, 1.54) is 11.5 Å². The molecule has 1 fully saturated rings. The van der Waals surface area contributed by atoms with Crippen molar-refractivity contribution in [2.75, 3.05) is 29.5 Å². The quantitative estimate of drug-likeness (QED) is 0.770. The zero-order valence-corrected chi connectivity index (χ0v) is 8.83. The van der Waals surface area contributed by atoms with E-state index in [0.29, 0.717) is 6.54 Å². The Balaban J connectivity index is 2.07. The van der Waals surface area contributed by atoms with Crippen LogP contribution in [0.1, 0.15) is 5.69 Å². The summed E-state index contributed by atoms with van der Waals surface area (Å²) < 4.78 is 0. The first-order chi connectivity index (χ1) is 6.90. The first-order valence-corrected chi connectivity index (χ1v) is 5.89. The molecule has 0 atom stereocenters. The maximum Gasteiger partial charge on any atom is 0.147 e. The van der Waals surface area contributed by atoms with Gasteiger partial charge in [0.15, 0.2) is 0 Å². The highest BCUT2D eigenvalue weighted by Crippen LogP contribution is 2.15. The molecule has 0 saturated carbocycles. The van der Waals surface area contributed by atoms with E-state index in [0.717, 1.165) is 24.6 Å². The molecule has 4 nitrogen and oxygen atoms in total. The molecule has 0 radical (unpaired) electrons. The summed E-state index contributed by atoms with van der Waals surface area (Å²) in [5.41, 5.74) is 6.31. The van der Waals surface area contributed by atoms with Gasteiger partial charge in [0.1, 0.15) is 5.82 Å². The molecule has 76 valence electrons. The first-order valence-electron chi connectivity index (χ1n) is 4.74. The molecule has 1 aliphatic heterocycles. The largest absolute Gasteiger partial charge is 0.354 e. The van der Waals surface area contributed by atoms with Crippen LogP contribution < -0.4 is 10.6 Å². The Morgan fingerprint density at radius 1 is 1.29 bits per heavy atom. The lowest BCUT2D eigenvalue weighted by atomic mass is 10.4. The van der Waals surface area contributed by atoms with Gasteiger partial charge < -0.3 is 10.6 Å². The van der Waals surface area contributed by atoms with Crippen LogP contribution in [0.4, 0.5) is 5.82 Å². The molecule has 2 rings (SSSR count). The van der Waals surface area contributed by atoms with Gasteiger partial charge in [-0.15, -0.1) is 0 Å². The highest BCUT2D eigenvalue weighted by Gasteiger charge is 2.11. The van der Waals surface area contributed by atoms with Crippen molar-refractivity contribution in [3.8, 4) is 0 Å². The topological polar surface area (TPSA) is 55.0 Å². The van der Waals surface area contributed by atoms with Crippen LogP contribution in [0, 0.1) is 0 Å². The van der Waals surface area contributed by atoms with Crippen molar-refractivity contribution in [2.24, 2.45) is 5.73 Å². The predicted molar refractivity (Wildman–Crippen MR) is 59.5 cm³/mol. The zero-order valence-electron chi connectivity index (χ0n) is 8.02. The molecule has 1 saturated heterocycles. The lowest BCUT2D eigenvalue weighted by Gasteiger charge is -2.26. The van der Waals surface area contributed by atoms with Crippen molar-refractivity contribution in [1.29, 1.82) is 0 Å². The van der Waals surface area contributed by atoms with Gasteiger partial charge in [-0.1, -0.05) is 0 Å². The van der Waals surface area contributed by atoms with E-state index in [-0.39, 0.29) is 0 Å². The maximum absolute atomic E-state index is 5.46. The Kier molecular flexibility index (Phi) is 3.21. The third-order valence-electron chi connectivity index (χ3n) is 2.24. The van der Waals surface area contributed by atoms with Crippen LogP contribution in [0.2, 0.25) is 0 Å². The fourth-order valence-corrected chi connectivity index (χ4v) is 2.31. The van der Waals surface area contributed by atoms with Gasteiger partial charge in [0.05, 0.1) is 18.1 Å². The Labute approximate surface area is 87.9 Å². The molecule has 1 aromatic heterocycles. The van der Waals surface area contributed by atoms with E-state index >= 15 is 0 Å². The number of nitrogens with zero attached hydrogens (tertiary/aromatic N) is 3. The van der Waals surface area contributed by atoms with Crippen molar-refractivity contribution in [1.82, 2.24) is 9.97 Å². The van der Waals surface area contributed by atoms with Crippen LogP contribution in [0.3, 0.4) is 0 Å². The lowest BCUT2D eigenvalue weighted by Crippen LogP contribution is -2.33. The molecule has 14 heavy (non-hydrogen) atoms. The second kappa shape index (κ2) is 4.61. The van der Waals surface area contributed by atoms with Gasteiger partial charge in [0, 0.05) is 31.1 Å². The van der Waals surface area contributed by atoms with Gasteiger partial charge in [-0.05, 0) is 0 Å². The lowest BCUT2D eigenvalue weighted by molar-refractivity contribution is 0.826. The van der Waals surface area contributed by atoms with E-state index in [9.17, 15) is 0 Å². The maximum atomic E-state index is 5.46. The molecule has 1 aliphatic rings. The van der Waals surface area contributed by atoms with E-state index < -0.39 is 0 Å². The normalized spacial score (nSPS) is 17.1. The molecule has 0 spiro atoms. The molecule has 1 aromatic rings. The molecule has 0 amide bonds. The summed E-state index contributed by atoms with van der Waals surface area (Å²) >= 11 is 1.99. The average molecular weight is 210 g/mol. The van der Waals surface area contributed by atoms with E-state index in [1.807, 2.05) is 18.0 Å². The first kappa shape index (κ1) is 9.73. The summed E-state index contributed by atoms with van der Waals surface area (Å²) in [6, 6.07) is 0. The van der Waals surface area contributed by atoms with Gasteiger partial charge in [-0.25, -0.2) is 4.98 Å². The van der Waals surface area contributed by atoms with Crippen LogP contribution in [0.15, 0.2) is 12.4 Å². The number of hydrogen-bond acceptors (Lipinski definition) is 5. The highest BCUT2D eigenvalue weighted by molar-refractivity contribution is 7.99. The molecule has 0 bridgehead atoms. The standard InChI is InChI=1S/C9H14N4S/c10-5-8-6-12-9(7-11-8)13-1-3-14-4-2-13/h6-7H,1-5,10H2. The molecular formula is C9H14N4S. The van der Waals surface area contributed by atoms with Crippen molar-refractivity contribution in [2.45, 2.75) is 6.54 Å². The Morgan fingerprint density at radius 2 is 2.07 bits per heavy atom. The highest BCUT2D eigenvalue weighted by atomic mass is 32.2. The summed E-state index contributed by atoms with van der Waals surface area (Å²) in [5, 5.41) is 0. The Morgan fingerprint density at radius 3 is 2.64 bits per heavy atom. The van der Waals surface area contributed by atoms with Gasteiger partial charge in [-0.3, -0.25) is 4.98 Å². The monoisotopic (exact) mass is 210 g/mol. The summed E-state index contributed by atoms with van der Waals surface area (Å²) in [4.78, 5) is 10.9. The molecule has 5 heteroatoms. The Bertz CT molecular complexity index is 281. The Hall–Kier alpha value is -0.810. The summed E-state index contributed by atoms with van der Waals surface area (Å²) in [7, 11) is 0. The van der Waals surface area contributed by atoms with Crippen LogP contribution in [-0.2, 0) is 6.54 Å². The van der Waals surface area contributed by atoms with Gasteiger partial charge >= 0.3 is 0 Å².